The molecule has 0 aliphatic heterocycles. The third-order valence-corrected chi connectivity index (χ3v) is 4.98. The monoisotopic (exact) mass is 360 g/mol. The van der Waals surface area contributed by atoms with Crippen molar-refractivity contribution in [2.45, 2.75) is 39.5 Å². The van der Waals surface area contributed by atoms with Gasteiger partial charge in [-0.05, 0) is 0 Å². The molecule has 0 aliphatic rings. The first-order chi connectivity index (χ1) is 10.1. The molecule has 0 bridgehead atoms. The molecule has 0 aromatic heterocycles. The van der Waals surface area contributed by atoms with Gasteiger partial charge in [-0.25, -0.2) is 0 Å². The molecule has 0 fully saturated rings. The Labute approximate surface area is 140 Å². The summed E-state index contributed by atoms with van der Waals surface area (Å²) >= 11 is -1.33. The van der Waals surface area contributed by atoms with E-state index in [-0.39, 0.29) is 0 Å². The van der Waals surface area contributed by atoms with Gasteiger partial charge < -0.3 is 0 Å². The molecule has 2 aromatic rings. The van der Waals surface area contributed by atoms with Crippen LogP contribution >= 0.6 is 0 Å². The van der Waals surface area contributed by atoms with E-state index in [4.69, 9.17) is 5.63 Å². The maximum absolute atomic E-state index is 5.77. The van der Waals surface area contributed by atoms with E-state index in [1.54, 1.807) is 0 Å². The van der Waals surface area contributed by atoms with Crippen molar-refractivity contribution in [2.75, 3.05) is 0 Å². The van der Waals surface area contributed by atoms with Crippen LogP contribution in [0.25, 0.3) is 0 Å². The van der Waals surface area contributed by atoms with Gasteiger partial charge in [-0.2, -0.15) is 0 Å². The van der Waals surface area contributed by atoms with Crippen LogP contribution in [0, 0.1) is 0 Å². The van der Waals surface area contributed by atoms with E-state index in [0.717, 1.165) is 11.5 Å². The fraction of sp³-hybridized carbons (Fsp3) is 0.333. The second kappa shape index (κ2) is 7.80. The topological polar surface area (TPSA) is 18.5 Å². The first-order valence-corrected chi connectivity index (χ1v) is 9.35. The summed E-state index contributed by atoms with van der Waals surface area (Å²) in [5, 5.41) is 0. The third-order valence-electron chi connectivity index (χ3n) is 3.41. The molecule has 0 atom stereocenters. The minimum absolute atomic E-state index is 0.551. The number of hydrogen-bond donors (Lipinski definition) is 0. The zero-order valence-corrected chi connectivity index (χ0v) is 15.5. The quantitative estimate of drug-likeness (QED) is 0.695. The van der Waals surface area contributed by atoms with Gasteiger partial charge in [0, 0.05) is 0 Å². The van der Waals surface area contributed by atoms with E-state index in [9.17, 15) is 0 Å². The van der Waals surface area contributed by atoms with Crippen LogP contribution in [0.5, 0.6) is 11.5 Å². The van der Waals surface area contributed by atoms with Crippen molar-refractivity contribution in [3.05, 3.63) is 59.7 Å². The minimum atomic E-state index is -1.33. The maximum atomic E-state index is 5.77. The van der Waals surface area contributed by atoms with Crippen LogP contribution in [0.4, 0.5) is 0 Å². The van der Waals surface area contributed by atoms with Crippen molar-refractivity contribution in [1.29, 1.82) is 0 Å². The fourth-order valence-electron chi connectivity index (χ4n) is 1.96. The molecule has 0 spiro atoms. The van der Waals surface area contributed by atoms with E-state index < -0.39 is 24.1 Å². The molecule has 0 radical (unpaired) electrons. The van der Waals surface area contributed by atoms with Crippen molar-refractivity contribution in [3.8, 4) is 11.5 Å². The summed E-state index contributed by atoms with van der Waals surface area (Å²) in [4.78, 5) is 0. The Hall–Kier alpha value is -1.08. The van der Waals surface area contributed by atoms with Gasteiger partial charge in [0.05, 0.1) is 0 Å². The number of rotatable bonds is 6. The third kappa shape index (κ3) is 5.00. The Morgan fingerprint density at radius 2 is 0.952 bits per heavy atom. The van der Waals surface area contributed by atoms with Crippen LogP contribution in [0.15, 0.2) is 48.5 Å². The van der Waals surface area contributed by atoms with E-state index in [2.05, 4.69) is 52.0 Å². The number of hydrogen-bond acceptors (Lipinski definition) is 2. The van der Waals surface area contributed by atoms with Gasteiger partial charge in [0.15, 0.2) is 0 Å². The summed E-state index contributed by atoms with van der Waals surface area (Å²) in [6.07, 6.45) is 0. The molecule has 0 saturated carbocycles. The molecule has 0 N–H and O–H groups in total. The van der Waals surface area contributed by atoms with Gasteiger partial charge in [-0.1, -0.05) is 0 Å². The zero-order valence-electron chi connectivity index (χ0n) is 13.1. The fourth-order valence-corrected chi connectivity index (χ4v) is 3.20. The van der Waals surface area contributed by atoms with Crippen LogP contribution in [0.1, 0.15) is 50.7 Å². The SMILES string of the molecule is CC(C)c1ccc([O][Zr][O]c2ccc(C(C)C)cc2)cc1. The predicted molar refractivity (Wildman–Crippen MR) is 82.3 cm³/mol. The van der Waals surface area contributed by atoms with Crippen molar-refractivity contribution in [3.63, 3.8) is 0 Å². The summed E-state index contributed by atoms with van der Waals surface area (Å²) < 4.78 is 11.5. The predicted octanol–water partition coefficient (Wildman–Crippen LogP) is 5.30. The first kappa shape index (κ1) is 16.3. The van der Waals surface area contributed by atoms with Crippen LogP contribution in [-0.4, -0.2) is 0 Å². The molecule has 0 amide bonds. The average Bonchev–Trinajstić information content (AvgIpc) is 2.48. The van der Waals surface area contributed by atoms with Gasteiger partial charge in [0.25, 0.3) is 0 Å². The van der Waals surface area contributed by atoms with Gasteiger partial charge >= 0.3 is 140 Å². The van der Waals surface area contributed by atoms with Crippen LogP contribution in [0.2, 0.25) is 0 Å². The Balaban J connectivity index is 1.83. The number of benzene rings is 2. The Kier molecular flexibility index (Phi) is 6.05. The summed E-state index contributed by atoms with van der Waals surface area (Å²) in [5.74, 6) is 2.92. The second-order valence-electron chi connectivity index (χ2n) is 5.73. The Morgan fingerprint density at radius 1 is 0.619 bits per heavy atom. The van der Waals surface area contributed by atoms with Crippen LogP contribution in [-0.2, 0) is 24.1 Å². The van der Waals surface area contributed by atoms with Crippen LogP contribution in [0.3, 0.4) is 0 Å². The first-order valence-electron chi connectivity index (χ1n) is 7.35. The molecule has 2 nitrogen and oxygen atoms in total. The molecule has 110 valence electrons. The van der Waals surface area contributed by atoms with Gasteiger partial charge in [0.1, 0.15) is 0 Å². The molecular formula is C18H22O2Zr. The van der Waals surface area contributed by atoms with Crippen molar-refractivity contribution < 1.29 is 29.7 Å². The molecule has 0 aliphatic carbocycles. The Bertz CT molecular complexity index is 493. The van der Waals surface area contributed by atoms with Crippen molar-refractivity contribution >= 4 is 0 Å². The zero-order chi connectivity index (χ0) is 15.2. The van der Waals surface area contributed by atoms with E-state index >= 15 is 0 Å². The molecule has 21 heavy (non-hydrogen) atoms. The molecule has 0 unspecified atom stereocenters. The molecule has 3 heteroatoms. The van der Waals surface area contributed by atoms with Gasteiger partial charge in [0.2, 0.25) is 0 Å². The standard InChI is InChI=1S/2C9H12O.Zr/c2*1-7(2)8-3-5-9(10)6-4-8;/h2*3-7,10H,1-2H3;/q;;+2/p-2. The molecule has 2 aromatic carbocycles. The Morgan fingerprint density at radius 3 is 1.24 bits per heavy atom. The second-order valence-corrected chi connectivity index (χ2v) is 7.15. The van der Waals surface area contributed by atoms with E-state index in [1.165, 1.54) is 11.1 Å². The molecular weight excluding hydrogens is 339 g/mol. The normalized spacial score (nSPS) is 10.8. The summed E-state index contributed by atoms with van der Waals surface area (Å²) in [6, 6.07) is 16.6. The van der Waals surface area contributed by atoms with E-state index in [0.29, 0.717) is 11.8 Å². The average molecular weight is 362 g/mol. The van der Waals surface area contributed by atoms with Crippen LogP contribution < -0.4 is 5.63 Å². The molecule has 0 heterocycles. The van der Waals surface area contributed by atoms with E-state index in [1.807, 2.05) is 24.3 Å². The summed E-state index contributed by atoms with van der Waals surface area (Å²) in [5.41, 5.74) is 2.66. The molecule has 2 rings (SSSR count). The summed E-state index contributed by atoms with van der Waals surface area (Å²) in [6.45, 7) is 8.76. The van der Waals surface area contributed by atoms with Crippen molar-refractivity contribution in [2.24, 2.45) is 0 Å². The molecule has 0 saturated heterocycles. The van der Waals surface area contributed by atoms with Gasteiger partial charge in [-0.3, -0.25) is 0 Å². The van der Waals surface area contributed by atoms with Crippen molar-refractivity contribution in [1.82, 2.24) is 0 Å². The van der Waals surface area contributed by atoms with Gasteiger partial charge in [-0.15, -0.1) is 0 Å². The summed E-state index contributed by atoms with van der Waals surface area (Å²) in [7, 11) is 0.